The van der Waals surface area contributed by atoms with Gasteiger partial charge in [-0.25, -0.2) is 4.98 Å². The number of ether oxygens (including phenoxy) is 1. The molecule has 4 rings (SSSR count). The number of rotatable bonds is 4. The Bertz CT molecular complexity index is 749. The first-order valence-electron chi connectivity index (χ1n) is 9.71. The molecule has 2 aliphatic heterocycles. The molecule has 1 N–H and O–H groups in total. The summed E-state index contributed by atoms with van der Waals surface area (Å²) < 4.78 is 6.59. The maximum absolute atomic E-state index is 6.59. The van der Waals surface area contributed by atoms with Crippen molar-refractivity contribution in [1.29, 1.82) is 0 Å². The van der Waals surface area contributed by atoms with Gasteiger partial charge in [0.2, 0.25) is 0 Å². The third-order valence-electron chi connectivity index (χ3n) is 5.83. The van der Waals surface area contributed by atoms with E-state index in [1.165, 1.54) is 5.56 Å². The second kappa shape index (κ2) is 7.29. The lowest BCUT2D eigenvalue weighted by atomic mass is 9.80. The lowest BCUT2D eigenvalue weighted by molar-refractivity contribution is -0.0315. The number of hydrogen-bond donors (Lipinski definition) is 1. The van der Waals surface area contributed by atoms with Gasteiger partial charge in [-0.15, -0.1) is 11.3 Å². The summed E-state index contributed by atoms with van der Waals surface area (Å²) in [6, 6.07) is 9.48. The summed E-state index contributed by atoms with van der Waals surface area (Å²) in [7, 11) is 0. The largest absolute Gasteiger partial charge is 0.487 e. The summed E-state index contributed by atoms with van der Waals surface area (Å²) in [4.78, 5) is 7.17. The van der Waals surface area contributed by atoms with E-state index in [1.54, 1.807) is 11.3 Å². The van der Waals surface area contributed by atoms with Gasteiger partial charge in [0.05, 0.1) is 10.7 Å². The summed E-state index contributed by atoms with van der Waals surface area (Å²) in [6.45, 7) is 9.70. The second-order valence-corrected chi connectivity index (χ2v) is 9.01. The lowest BCUT2D eigenvalue weighted by Gasteiger charge is -2.47. The van der Waals surface area contributed by atoms with Gasteiger partial charge in [-0.3, -0.25) is 0 Å². The van der Waals surface area contributed by atoms with Crippen LogP contribution in [0.2, 0.25) is 0 Å². The first-order chi connectivity index (χ1) is 12.5. The molecule has 1 fully saturated rings. The van der Waals surface area contributed by atoms with E-state index in [9.17, 15) is 0 Å². The van der Waals surface area contributed by atoms with Gasteiger partial charge < -0.3 is 15.0 Å². The van der Waals surface area contributed by atoms with Gasteiger partial charge in [-0.2, -0.15) is 0 Å². The van der Waals surface area contributed by atoms with Crippen LogP contribution in [-0.4, -0.2) is 34.6 Å². The Morgan fingerprint density at radius 2 is 2.08 bits per heavy atom. The summed E-state index contributed by atoms with van der Waals surface area (Å²) >= 11 is 1.72. The van der Waals surface area contributed by atoms with Gasteiger partial charge in [-0.05, 0) is 39.7 Å². The molecule has 5 heteroatoms. The van der Waals surface area contributed by atoms with Crippen LogP contribution in [0, 0.1) is 6.92 Å². The zero-order valence-corrected chi connectivity index (χ0v) is 16.8. The van der Waals surface area contributed by atoms with E-state index in [2.05, 4.69) is 65.6 Å². The highest BCUT2D eigenvalue weighted by Crippen LogP contribution is 2.44. The minimum absolute atomic E-state index is 0.0323. The number of hydrogen-bond acceptors (Lipinski definition) is 5. The van der Waals surface area contributed by atoms with E-state index < -0.39 is 0 Å². The van der Waals surface area contributed by atoms with Gasteiger partial charge in [0.25, 0.3) is 0 Å². The number of para-hydroxylation sites is 1. The smallest absolute Gasteiger partial charge is 0.124 e. The summed E-state index contributed by atoms with van der Waals surface area (Å²) in [5.41, 5.74) is 2.39. The molecule has 1 aromatic carbocycles. The van der Waals surface area contributed by atoms with E-state index >= 15 is 0 Å². The number of aryl methyl sites for hydroxylation is 1. The van der Waals surface area contributed by atoms with Crippen molar-refractivity contribution < 1.29 is 4.74 Å². The van der Waals surface area contributed by atoms with Gasteiger partial charge in [0.1, 0.15) is 11.4 Å². The Morgan fingerprint density at radius 1 is 1.31 bits per heavy atom. The van der Waals surface area contributed by atoms with Crippen molar-refractivity contribution in [2.24, 2.45) is 0 Å². The average Bonchev–Trinajstić information content (AvgIpc) is 3.05. The number of thiazole rings is 1. The summed E-state index contributed by atoms with van der Waals surface area (Å²) in [6.07, 6.45) is 3.25. The number of benzene rings is 1. The minimum atomic E-state index is -0.0323. The molecule has 1 atom stereocenters. The third-order valence-corrected chi connectivity index (χ3v) is 6.66. The standard InChI is InChI=1S/C21H29N3OS/c1-15(2)24-10-8-21(9-11-24)12-19(18-6-4-5-7-20(18)25-21)22-13-17-14-26-16(3)23-17/h4-7,14-15,19,22H,8-13H2,1-3H3. The fourth-order valence-electron chi connectivity index (χ4n) is 4.27. The van der Waals surface area contributed by atoms with Crippen LogP contribution in [0.1, 0.15) is 55.4 Å². The van der Waals surface area contributed by atoms with E-state index in [-0.39, 0.29) is 5.60 Å². The normalized spacial score (nSPS) is 22.4. The SMILES string of the molecule is Cc1nc(CNC2CC3(CCN(C(C)C)CC3)Oc3ccccc32)cs1. The number of nitrogens with one attached hydrogen (secondary N) is 1. The fraction of sp³-hybridized carbons (Fsp3) is 0.571. The Morgan fingerprint density at radius 3 is 2.77 bits per heavy atom. The van der Waals surface area contributed by atoms with Crippen LogP contribution in [0.4, 0.5) is 0 Å². The highest BCUT2D eigenvalue weighted by molar-refractivity contribution is 7.09. The topological polar surface area (TPSA) is 37.4 Å². The number of nitrogens with zero attached hydrogens (tertiary/aromatic N) is 2. The van der Waals surface area contributed by atoms with Crippen LogP contribution in [-0.2, 0) is 6.54 Å². The summed E-state index contributed by atoms with van der Waals surface area (Å²) in [5.74, 6) is 1.06. The molecule has 140 valence electrons. The molecule has 0 bridgehead atoms. The van der Waals surface area contributed by atoms with Crippen molar-refractivity contribution >= 4 is 11.3 Å². The Balaban J connectivity index is 1.51. The molecule has 0 radical (unpaired) electrons. The third kappa shape index (κ3) is 3.66. The minimum Gasteiger partial charge on any atom is -0.487 e. The molecule has 26 heavy (non-hydrogen) atoms. The van der Waals surface area contributed by atoms with E-state index in [1.807, 2.05) is 0 Å². The Labute approximate surface area is 160 Å². The summed E-state index contributed by atoms with van der Waals surface area (Å²) in [5, 5.41) is 7.05. The molecule has 1 aromatic heterocycles. The number of piperidine rings is 1. The molecule has 2 aliphatic rings. The highest BCUT2D eigenvalue weighted by Gasteiger charge is 2.43. The molecule has 1 saturated heterocycles. The molecule has 3 heterocycles. The number of likely N-dealkylation sites (tertiary alicyclic amines) is 1. The maximum atomic E-state index is 6.59. The van der Waals surface area contributed by atoms with Crippen molar-refractivity contribution in [1.82, 2.24) is 15.2 Å². The Kier molecular flexibility index (Phi) is 5.04. The zero-order valence-electron chi connectivity index (χ0n) is 16.0. The quantitative estimate of drug-likeness (QED) is 0.869. The molecular weight excluding hydrogens is 342 g/mol. The van der Waals surface area contributed by atoms with E-state index in [0.29, 0.717) is 12.1 Å². The van der Waals surface area contributed by atoms with Crippen molar-refractivity contribution in [3.63, 3.8) is 0 Å². The molecule has 1 unspecified atom stereocenters. The number of fused-ring (bicyclic) bond motifs is 1. The first-order valence-corrected chi connectivity index (χ1v) is 10.6. The molecule has 0 amide bonds. The van der Waals surface area contributed by atoms with Crippen LogP contribution in [0.5, 0.6) is 5.75 Å². The van der Waals surface area contributed by atoms with Gasteiger partial charge in [0.15, 0.2) is 0 Å². The first kappa shape index (κ1) is 18.0. The van der Waals surface area contributed by atoms with Crippen molar-refractivity contribution in [3.05, 3.63) is 45.9 Å². The van der Waals surface area contributed by atoms with Crippen LogP contribution in [0.25, 0.3) is 0 Å². The predicted octanol–water partition coefficient (Wildman–Crippen LogP) is 4.31. The molecule has 0 aliphatic carbocycles. The van der Waals surface area contributed by atoms with Crippen LogP contribution in [0.3, 0.4) is 0 Å². The van der Waals surface area contributed by atoms with Crippen molar-refractivity contribution in [3.8, 4) is 5.75 Å². The average molecular weight is 372 g/mol. The molecular formula is C21H29N3OS. The zero-order chi connectivity index (χ0) is 18.1. The highest BCUT2D eigenvalue weighted by atomic mass is 32.1. The Hall–Kier alpha value is -1.43. The second-order valence-electron chi connectivity index (χ2n) is 7.95. The lowest BCUT2D eigenvalue weighted by Crippen LogP contribution is -2.53. The van der Waals surface area contributed by atoms with Gasteiger partial charge in [-0.1, -0.05) is 18.2 Å². The molecule has 2 aromatic rings. The number of aromatic nitrogens is 1. The fourth-order valence-corrected chi connectivity index (χ4v) is 4.88. The van der Waals surface area contributed by atoms with Gasteiger partial charge in [0, 0.05) is 49.1 Å². The van der Waals surface area contributed by atoms with E-state index in [4.69, 9.17) is 4.74 Å². The maximum Gasteiger partial charge on any atom is 0.124 e. The molecule has 4 nitrogen and oxygen atoms in total. The van der Waals surface area contributed by atoms with Crippen LogP contribution in [0.15, 0.2) is 29.6 Å². The van der Waals surface area contributed by atoms with Gasteiger partial charge >= 0.3 is 0 Å². The van der Waals surface area contributed by atoms with Crippen molar-refractivity contribution in [2.45, 2.75) is 64.3 Å². The predicted molar refractivity (Wildman–Crippen MR) is 107 cm³/mol. The molecule has 1 spiro atoms. The van der Waals surface area contributed by atoms with Crippen molar-refractivity contribution in [2.75, 3.05) is 13.1 Å². The van der Waals surface area contributed by atoms with Crippen LogP contribution < -0.4 is 10.1 Å². The van der Waals surface area contributed by atoms with Crippen LogP contribution >= 0.6 is 11.3 Å². The monoisotopic (exact) mass is 371 g/mol. The molecule has 0 saturated carbocycles. The van der Waals surface area contributed by atoms with E-state index in [0.717, 1.165) is 55.3 Å².